The molecule has 1 heterocycles. The number of carbonyl (C=O) groups is 1. The third kappa shape index (κ3) is 4.20. The Morgan fingerprint density at radius 3 is 2.80 bits per heavy atom. The maximum absolute atomic E-state index is 11.7. The predicted molar refractivity (Wildman–Crippen MR) is 75.7 cm³/mol. The zero-order chi connectivity index (χ0) is 14.4. The molecule has 2 rings (SSSR count). The second-order valence-corrected chi connectivity index (χ2v) is 4.76. The molecule has 0 fully saturated rings. The minimum Gasteiger partial charge on any atom is -0.361 e. The number of aryl methyl sites for hydroxylation is 1. The Labute approximate surface area is 118 Å². The number of nitrogens with one attached hydrogen (secondary N) is 1. The van der Waals surface area contributed by atoms with Crippen LogP contribution < -0.4 is 11.1 Å². The molecule has 0 aliphatic rings. The average molecular weight is 273 g/mol. The zero-order valence-corrected chi connectivity index (χ0v) is 11.5. The fourth-order valence-electron chi connectivity index (χ4n) is 1.93. The van der Waals surface area contributed by atoms with Crippen molar-refractivity contribution in [2.45, 2.75) is 32.4 Å². The Morgan fingerprint density at radius 1 is 1.40 bits per heavy atom. The number of nitrogens with zero attached hydrogens (tertiary/aromatic N) is 1. The highest BCUT2D eigenvalue weighted by Gasteiger charge is 2.09. The van der Waals surface area contributed by atoms with Gasteiger partial charge in [0.25, 0.3) is 0 Å². The largest absolute Gasteiger partial charge is 0.361 e. The number of amides is 1. The maximum Gasteiger partial charge on any atom is 0.220 e. The van der Waals surface area contributed by atoms with Crippen molar-refractivity contribution >= 4 is 5.91 Å². The van der Waals surface area contributed by atoms with Crippen molar-refractivity contribution in [3.05, 3.63) is 53.4 Å². The number of rotatable bonds is 6. The Morgan fingerprint density at radius 2 is 2.15 bits per heavy atom. The van der Waals surface area contributed by atoms with Crippen LogP contribution in [0.1, 0.15) is 35.9 Å². The number of aromatic nitrogens is 1. The molecule has 1 atom stereocenters. The highest BCUT2D eigenvalue weighted by molar-refractivity contribution is 5.75. The van der Waals surface area contributed by atoms with E-state index < -0.39 is 0 Å². The second kappa shape index (κ2) is 6.86. The van der Waals surface area contributed by atoms with Gasteiger partial charge in [0.2, 0.25) is 5.91 Å². The molecule has 106 valence electrons. The van der Waals surface area contributed by atoms with E-state index in [4.69, 9.17) is 10.3 Å². The van der Waals surface area contributed by atoms with Crippen molar-refractivity contribution in [2.75, 3.05) is 0 Å². The van der Waals surface area contributed by atoms with Gasteiger partial charge in [0, 0.05) is 18.5 Å². The molecule has 2 aromatic rings. The molecular weight excluding hydrogens is 254 g/mol. The van der Waals surface area contributed by atoms with Crippen molar-refractivity contribution in [2.24, 2.45) is 5.73 Å². The van der Waals surface area contributed by atoms with Gasteiger partial charge in [0.15, 0.2) is 0 Å². The number of carbonyl (C=O) groups excluding carboxylic acids is 1. The summed E-state index contributed by atoms with van der Waals surface area (Å²) in [7, 11) is 0. The van der Waals surface area contributed by atoms with E-state index in [9.17, 15) is 4.79 Å². The van der Waals surface area contributed by atoms with Crippen molar-refractivity contribution in [1.82, 2.24) is 10.5 Å². The second-order valence-electron chi connectivity index (χ2n) is 4.76. The van der Waals surface area contributed by atoms with Crippen LogP contribution in [0.2, 0.25) is 0 Å². The third-order valence-electron chi connectivity index (χ3n) is 3.05. The molecule has 0 aliphatic heterocycles. The van der Waals surface area contributed by atoms with Gasteiger partial charge in [-0.2, -0.15) is 0 Å². The Hall–Kier alpha value is -2.14. The lowest BCUT2D eigenvalue weighted by molar-refractivity contribution is -0.121. The van der Waals surface area contributed by atoms with E-state index in [0.29, 0.717) is 19.4 Å². The summed E-state index contributed by atoms with van der Waals surface area (Å²) in [5.74, 6) is 0.706. The number of nitrogens with two attached hydrogens (primary N) is 1. The highest BCUT2D eigenvalue weighted by Crippen LogP contribution is 2.14. The van der Waals surface area contributed by atoms with E-state index in [1.54, 1.807) is 6.07 Å². The summed E-state index contributed by atoms with van der Waals surface area (Å²) in [5, 5.41) is 6.62. The fraction of sp³-hybridized carbons (Fsp3) is 0.333. The molecule has 0 radical (unpaired) electrons. The molecule has 0 bridgehead atoms. The van der Waals surface area contributed by atoms with Gasteiger partial charge in [-0.25, -0.2) is 0 Å². The summed E-state index contributed by atoms with van der Waals surface area (Å²) >= 11 is 0. The van der Waals surface area contributed by atoms with E-state index in [2.05, 4.69) is 10.5 Å². The van der Waals surface area contributed by atoms with Crippen LogP contribution in [0.4, 0.5) is 0 Å². The summed E-state index contributed by atoms with van der Waals surface area (Å²) in [5.41, 5.74) is 7.82. The normalized spacial score (nSPS) is 12.1. The van der Waals surface area contributed by atoms with Crippen molar-refractivity contribution in [3.63, 3.8) is 0 Å². The van der Waals surface area contributed by atoms with Crippen LogP contribution in [0, 0.1) is 6.92 Å². The van der Waals surface area contributed by atoms with Gasteiger partial charge in [-0.15, -0.1) is 0 Å². The minimum absolute atomic E-state index is 0.0305. The molecule has 3 N–H and O–H groups in total. The van der Waals surface area contributed by atoms with Crippen LogP contribution in [0.15, 0.2) is 40.9 Å². The summed E-state index contributed by atoms with van der Waals surface area (Å²) in [6.45, 7) is 2.20. The minimum atomic E-state index is -0.115. The van der Waals surface area contributed by atoms with Gasteiger partial charge < -0.3 is 15.6 Å². The van der Waals surface area contributed by atoms with E-state index in [1.165, 1.54) is 0 Å². The van der Waals surface area contributed by atoms with Crippen LogP contribution in [0.25, 0.3) is 0 Å². The van der Waals surface area contributed by atoms with Crippen molar-refractivity contribution in [1.29, 1.82) is 0 Å². The molecule has 5 nitrogen and oxygen atoms in total. The molecule has 0 saturated heterocycles. The number of benzene rings is 1. The van der Waals surface area contributed by atoms with Gasteiger partial charge in [-0.1, -0.05) is 35.5 Å². The monoisotopic (exact) mass is 273 g/mol. The van der Waals surface area contributed by atoms with Crippen LogP contribution in [0.3, 0.4) is 0 Å². The zero-order valence-electron chi connectivity index (χ0n) is 11.5. The molecule has 0 saturated carbocycles. The van der Waals surface area contributed by atoms with Crippen molar-refractivity contribution < 1.29 is 9.32 Å². The Balaban J connectivity index is 1.72. The third-order valence-corrected chi connectivity index (χ3v) is 3.05. The SMILES string of the molecule is Cc1cc(CNC(=O)CCC(N)c2ccccc2)no1. The van der Waals surface area contributed by atoms with Crippen LogP contribution >= 0.6 is 0 Å². The van der Waals surface area contributed by atoms with Crippen LogP contribution in [0.5, 0.6) is 0 Å². The predicted octanol–water partition coefficient (Wildman–Crippen LogP) is 2.08. The Bertz CT molecular complexity index is 551. The van der Waals surface area contributed by atoms with E-state index in [0.717, 1.165) is 17.0 Å². The van der Waals surface area contributed by atoms with Gasteiger partial charge in [0.1, 0.15) is 11.5 Å². The van der Waals surface area contributed by atoms with E-state index >= 15 is 0 Å². The molecule has 0 spiro atoms. The molecule has 1 unspecified atom stereocenters. The standard InChI is InChI=1S/C15H19N3O2/c1-11-9-13(18-20-11)10-17-15(19)8-7-14(16)12-5-3-2-4-6-12/h2-6,9,14H,7-8,10,16H2,1H3,(H,17,19). The fourth-order valence-corrected chi connectivity index (χ4v) is 1.93. The maximum atomic E-state index is 11.7. The quantitative estimate of drug-likeness (QED) is 0.844. The summed E-state index contributed by atoms with van der Waals surface area (Å²) in [6, 6.07) is 11.5. The van der Waals surface area contributed by atoms with Gasteiger partial charge in [0.05, 0.1) is 6.54 Å². The average Bonchev–Trinajstić information content (AvgIpc) is 2.89. The first-order chi connectivity index (χ1) is 9.65. The van der Waals surface area contributed by atoms with Gasteiger partial charge in [-0.05, 0) is 18.9 Å². The van der Waals surface area contributed by atoms with E-state index in [-0.39, 0.29) is 11.9 Å². The smallest absolute Gasteiger partial charge is 0.220 e. The highest BCUT2D eigenvalue weighted by atomic mass is 16.5. The van der Waals surface area contributed by atoms with E-state index in [1.807, 2.05) is 37.3 Å². The van der Waals surface area contributed by atoms with Crippen molar-refractivity contribution in [3.8, 4) is 0 Å². The summed E-state index contributed by atoms with van der Waals surface area (Å²) in [4.78, 5) is 11.7. The topological polar surface area (TPSA) is 81.2 Å². The number of hydrogen-bond donors (Lipinski definition) is 2. The summed E-state index contributed by atoms with van der Waals surface area (Å²) in [6.07, 6.45) is 1.01. The molecule has 0 aliphatic carbocycles. The molecule has 20 heavy (non-hydrogen) atoms. The Kier molecular flexibility index (Phi) is 4.90. The molecule has 1 aromatic carbocycles. The molecule has 1 amide bonds. The first kappa shape index (κ1) is 14.3. The lowest BCUT2D eigenvalue weighted by Gasteiger charge is -2.11. The lowest BCUT2D eigenvalue weighted by Crippen LogP contribution is -2.24. The molecule has 1 aromatic heterocycles. The number of hydrogen-bond acceptors (Lipinski definition) is 4. The molecular formula is C15H19N3O2. The lowest BCUT2D eigenvalue weighted by atomic mass is 10.0. The first-order valence-corrected chi connectivity index (χ1v) is 6.64. The van der Waals surface area contributed by atoms with Gasteiger partial charge in [-0.3, -0.25) is 4.79 Å². The van der Waals surface area contributed by atoms with Crippen LogP contribution in [-0.2, 0) is 11.3 Å². The molecule has 5 heteroatoms. The van der Waals surface area contributed by atoms with Crippen LogP contribution in [-0.4, -0.2) is 11.1 Å². The first-order valence-electron chi connectivity index (χ1n) is 6.64. The van der Waals surface area contributed by atoms with Gasteiger partial charge >= 0.3 is 0 Å². The summed E-state index contributed by atoms with van der Waals surface area (Å²) < 4.78 is 4.93.